The number of nitrogens with zero attached hydrogens (tertiary/aromatic N) is 2. The minimum absolute atomic E-state index is 0.421. The smallest absolute Gasteiger partial charge is 0.146 e. The Morgan fingerprint density at radius 2 is 2.00 bits per heavy atom. The van der Waals surface area contributed by atoms with Crippen molar-refractivity contribution in [3.63, 3.8) is 0 Å². The molecule has 0 fully saturated rings. The first kappa shape index (κ1) is 15.7. The lowest BCUT2D eigenvalue weighted by molar-refractivity contribution is 0.256. The van der Waals surface area contributed by atoms with E-state index in [1.165, 1.54) is 0 Å². The highest BCUT2D eigenvalue weighted by atomic mass is 35.5. The molecule has 7 heteroatoms. The number of hydrazone groups is 1. The van der Waals surface area contributed by atoms with E-state index in [0.29, 0.717) is 22.4 Å². The fraction of sp³-hybridized carbons (Fsp3) is 0.0625. The molecule has 0 radical (unpaired) electrons. The third-order valence-electron chi connectivity index (χ3n) is 3.12. The topological polar surface area (TPSA) is 48.9 Å². The van der Waals surface area contributed by atoms with Crippen molar-refractivity contribution in [1.29, 1.82) is 0 Å². The number of nitrogens with one attached hydrogen (secondary N) is 2. The summed E-state index contributed by atoms with van der Waals surface area (Å²) in [5.74, 6) is 0.596. The van der Waals surface area contributed by atoms with Crippen LogP contribution in [0.25, 0.3) is 5.76 Å². The Labute approximate surface area is 144 Å². The molecule has 1 aliphatic heterocycles. The normalized spacial score (nSPS) is 14.0. The lowest BCUT2D eigenvalue weighted by atomic mass is 10.2. The van der Waals surface area contributed by atoms with Gasteiger partial charge in [-0.1, -0.05) is 53.5 Å². The molecule has 0 amide bonds. The molecule has 23 heavy (non-hydrogen) atoms. The Hall–Kier alpha value is -2.21. The molecule has 2 aromatic carbocycles. The molecule has 0 saturated carbocycles. The number of ether oxygens (including phenoxy) is 1. The highest BCUT2D eigenvalue weighted by Gasteiger charge is 2.12. The Morgan fingerprint density at radius 1 is 1.17 bits per heavy atom. The van der Waals surface area contributed by atoms with Crippen LogP contribution in [0.15, 0.2) is 59.8 Å². The van der Waals surface area contributed by atoms with Crippen LogP contribution in [0.3, 0.4) is 0 Å². The third-order valence-corrected chi connectivity index (χ3v) is 3.66. The molecule has 5 nitrogen and oxygen atoms in total. The molecular formula is C16H14Cl2N4O. The molecule has 0 aliphatic carbocycles. The maximum Gasteiger partial charge on any atom is 0.146 e. The van der Waals surface area contributed by atoms with Crippen molar-refractivity contribution >= 4 is 35.3 Å². The van der Waals surface area contributed by atoms with Crippen LogP contribution in [-0.2, 0) is 11.3 Å². The number of halogens is 2. The van der Waals surface area contributed by atoms with Gasteiger partial charge in [0.25, 0.3) is 0 Å². The van der Waals surface area contributed by atoms with Crippen molar-refractivity contribution in [2.75, 3.05) is 0 Å². The van der Waals surface area contributed by atoms with Crippen LogP contribution in [-0.4, -0.2) is 11.3 Å². The monoisotopic (exact) mass is 348 g/mol. The van der Waals surface area contributed by atoms with Gasteiger partial charge in [0.1, 0.15) is 18.7 Å². The number of hydrogen-bond donors (Lipinski definition) is 2. The molecule has 1 heterocycles. The molecule has 0 atom stereocenters. The molecule has 1 aliphatic rings. The molecular weight excluding hydrogens is 335 g/mol. The summed E-state index contributed by atoms with van der Waals surface area (Å²) < 4.78 is 5.96. The van der Waals surface area contributed by atoms with Gasteiger partial charge in [0.2, 0.25) is 0 Å². The van der Waals surface area contributed by atoms with Gasteiger partial charge in [0.15, 0.2) is 0 Å². The second-order valence-corrected chi connectivity index (χ2v) is 5.61. The van der Waals surface area contributed by atoms with Crippen molar-refractivity contribution < 1.29 is 4.74 Å². The average molecular weight is 349 g/mol. The third kappa shape index (κ3) is 4.16. The van der Waals surface area contributed by atoms with Crippen molar-refractivity contribution in [3.05, 3.63) is 75.9 Å². The summed E-state index contributed by atoms with van der Waals surface area (Å²) in [5, 5.41) is 6.57. The summed E-state index contributed by atoms with van der Waals surface area (Å²) in [6.07, 6.45) is 3.33. The Morgan fingerprint density at radius 3 is 2.70 bits per heavy atom. The summed E-state index contributed by atoms with van der Waals surface area (Å²) in [7, 11) is 0. The zero-order valence-corrected chi connectivity index (χ0v) is 13.6. The summed E-state index contributed by atoms with van der Waals surface area (Å²) in [6, 6.07) is 15.2. The van der Waals surface area contributed by atoms with Gasteiger partial charge < -0.3 is 4.74 Å². The lowest BCUT2D eigenvalue weighted by Crippen LogP contribution is -2.33. The van der Waals surface area contributed by atoms with Crippen LogP contribution >= 0.6 is 23.2 Å². The first-order chi connectivity index (χ1) is 11.2. The van der Waals surface area contributed by atoms with E-state index >= 15 is 0 Å². The van der Waals surface area contributed by atoms with Crippen LogP contribution in [0.5, 0.6) is 0 Å². The summed E-state index contributed by atoms with van der Waals surface area (Å²) in [5.41, 5.74) is 7.24. The lowest BCUT2D eigenvalue weighted by Gasteiger charge is -2.15. The van der Waals surface area contributed by atoms with Gasteiger partial charge in [-0.2, -0.15) is 5.10 Å². The van der Waals surface area contributed by atoms with Gasteiger partial charge in [-0.25, -0.2) is 10.5 Å². The predicted molar refractivity (Wildman–Crippen MR) is 92.3 cm³/mol. The van der Waals surface area contributed by atoms with Crippen LogP contribution < -0.4 is 11.1 Å². The maximum atomic E-state index is 6.30. The molecule has 2 N–H and O–H groups in total. The first-order valence-corrected chi connectivity index (χ1v) is 7.64. The summed E-state index contributed by atoms with van der Waals surface area (Å²) >= 11 is 12.3. The van der Waals surface area contributed by atoms with E-state index in [-0.39, 0.29) is 0 Å². The molecule has 0 spiro atoms. The van der Waals surface area contributed by atoms with Crippen LogP contribution in [0.4, 0.5) is 0 Å². The van der Waals surface area contributed by atoms with Crippen molar-refractivity contribution in [2.24, 2.45) is 5.10 Å². The largest absolute Gasteiger partial charge is 0.487 e. The van der Waals surface area contributed by atoms with Gasteiger partial charge in [-0.15, -0.1) is 5.53 Å². The molecule has 0 aromatic heterocycles. The van der Waals surface area contributed by atoms with Crippen LogP contribution in [0.2, 0.25) is 10.0 Å². The van der Waals surface area contributed by atoms with Crippen molar-refractivity contribution in [3.8, 4) is 0 Å². The molecule has 3 rings (SSSR count). The predicted octanol–water partition coefficient (Wildman–Crippen LogP) is 3.78. The Balaban J connectivity index is 1.85. The molecule has 118 valence electrons. The summed E-state index contributed by atoms with van der Waals surface area (Å²) in [4.78, 5) is 0. The standard InChI is InChI=1S/C16H14Cl2N4O/c17-13-6-7-14(15(18)8-13)16(9-22-11-19-20-21-22)23-10-12-4-2-1-3-5-12/h1-9,11,20-21H,10H2. The van der Waals surface area contributed by atoms with Gasteiger partial charge in [0, 0.05) is 10.6 Å². The molecule has 0 bridgehead atoms. The number of benzene rings is 2. The zero-order valence-electron chi connectivity index (χ0n) is 12.0. The Kier molecular flexibility index (Phi) is 5.02. The van der Waals surface area contributed by atoms with Crippen molar-refractivity contribution in [2.45, 2.75) is 6.61 Å². The van der Waals surface area contributed by atoms with Crippen LogP contribution in [0, 0.1) is 0 Å². The Bertz CT molecular complexity index is 734. The van der Waals surface area contributed by atoms with E-state index in [2.05, 4.69) is 16.2 Å². The van der Waals surface area contributed by atoms with E-state index in [1.54, 1.807) is 29.7 Å². The van der Waals surface area contributed by atoms with Crippen LogP contribution in [0.1, 0.15) is 11.1 Å². The minimum Gasteiger partial charge on any atom is -0.487 e. The number of hydrazine groups is 2. The highest BCUT2D eigenvalue weighted by molar-refractivity contribution is 6.35. The van der Waals surface area contributed by atoms with E-state index in [1.807, 2.05) is 36.4 Å². The second kappa shape index (κ2) is 7.37. The van der Waals surface area contributed by atoms with Gasteiger partial charge in [-0.3, -0.25) is 0 Å². The SMILES string of the molecule is Clc1ccc(C(=CN2C=NNN2)OCc2ccccc2)c(Cl)c1. The zero-order chi connectivity index (χ0) is 16.1. The highest BCUT2D eigenvalue weighted by Crippen LogP contribution is 2.28. The average Bonchev–Trinajstić information content (AvgIpc) is 3.06. The fourth-order valence-electron chi connectivity index (χ4n) is 2.01. The molecule has 0 saturated heterocycles. The second-order valence-electron chi connectivity index (χ2n) is 4.77. The van der Waals surface area contributed by atoms with E-state index in [4.69, 9.17) is 27.9 Å². The van der Waals surface area contributed by atoms with Gasteiger partial charge in [-0.05, 0) is 23.8 Å². The van der Waals surface area contributed by atoms with Crippen molar-refractivity contribution in [1.82, 2.24) is 16.1 Å². The van der Waals surface area contributed by atoms with E-state index in [9.17, 15) is 0 Å². The maximum absolute atomic E-state index is 6.30. The molecule has 0 unspecified atom stereocenters. The minimum atomic E-state index is 0.421. The first-order valence-electron chi connectivity index (χ1n) is 6.88. The molecule has 2 aromatic rings. The number of hydrogen-bond acceptors (Lipinski definition) is 5. The van der Waals surface area contributed by atoms with E-state index < -0.39 is 0 Å². The van der Waals surface area contributed by atoms with E-state index in [0.717, 1.165) is 11.1 Å². The van der Waals surface area contributed by atoms with Gasteiger partial charge in [0.05, 0.1) is 11.2 Å². The quantitative estimate of drug-likeness (QED) is 0.807. The fourth-order valence-corrected chi connectivity index (χ4v) is 2.51. The number of rotatable bonds is 5. The van der Waals surface area contributed by atoms with Gasteiger partial charge >= 0.3 is 0 Å². The summed E-state index contributed by atoms with van der Waals surface area (Å²) in [6.45, 7) is 0.421.